The molecule has 22 heavy (non-hydrogen) atoms. The molecule has 0 unspecified atom stereocenters. The fourth-order valence-corrected chi connectivity index (χ4v) is 2.54. The topological polar surface area (TPSA) is 55.8 Å². The number of nitrogens with one attached hydrogen (secondary N) is 1. The van der Waals surface area contributed by atoms with Crippen LogP contribution in [0.5, 0.6) is 0 Å². The van der Waals surface area contributed by atoms with Gasteiger partial charge in [0.2, 0.25) is 0 Å². The molecule has 1 aromatic rings. The number of rotatable bonds is 8. The maximum Gasteiger partial charge on any atom is 0.322 e. The molecular formula is C17H27N3O2. The lowest BCUT2D eigenvalue weighted by Gasteiger charge is -2.23. The van der Waals surface area contributed by atoms with Crippen LogP contribution in [0.4, 0.5) is 10.5 Å². The zero-order valence-corrected chi connectivity index (χ0v) is 13.6. The number of anilines is 1. The summed E-state index contributed by atoms with van der Waals surface area (Å²) in [6.45, 7) is 1.76. The Morgan fingerprint density at radius 2 is 2.09 bits per heavy atom. The van der Waals surface area contributed by atoms with E-state index in [2.05, 4.69) is 16.3 Å². The van der Waals surface area contributed by atoms with Crippen LogP contribution in [0.3, 0.4) is 0 Å². The van der Waals surface area contributed by atoms with Crippen LogP contribution in [-0.2, 0) is 6.54 Å². The van der Waals surface area contributed by atoms with Crippen molar-refractivity contribution in [3.05, 3.63) is 29.8 Å². The Balaban J connectivity index is 1.94. The number of unbranched alkanes of at least 4 members (excludes halogenated alkanes) is 1. The molecule has 122 valence electrons. The first-order valence-electron chi connectivity index (χ1n) is 8.02. The molecule has 0 bridgehead atoms. The van der Waals surface area contributed by atoms with Crippen LogP contribution < -0.4 is 5.32 Å². The number of amides is 2. The van der Waals surface area contributed by atoms with Crippen LogP contribution in [0.1, 0.15) is 31.2 Å². The highest BCUT2D eigenvalue weighted by molar-refractivity contribution is 5.89. The standard InChI is InChI=1S/C17H27N3O2/c1-19(2)13-14-6-5-7-15(12-14)18-17(22)20(16-8-9-16)10-3-4-11-21/h5-7,12,16,21H,3-4,8-11,13H2,1-2H3,(H,18,22). The fraction of sp³-hybridized carbons (Fsp3) is 0.588. The summed E-state index contributed by atoms with van der Waals surface area (Å²) in [5.41, 5.74) is 2.03. The van der Waals surface area contributed by atoms with Gasteiger partial charge in [-0.3, -0.25) is 0 Å². The van der Waals surface area contributed by atoms with E-state index in [0.717, 1.165) is 37.9 Å². The molecule has 1 saturated carbocycles. The Labute approximate surface area is 132 Å². The van der Waals surface area contributed by atoms with Crippen molar-refractivity contribution in [2.75, 3.05) is 32.6 Å². The average Bonchev–Trinajstić information content (AvgIpc) is 3.27. The highest BCUT2D eigenvalue weighted by Gasteiger charge is 2.32. The van der Waals surface area contributed by atoms with E-state index in [9.17, 15) is 4.79 Å². The van der Waals surface area contributed by atoms with Crippen molar-refractivity contribution >= 4 is 11.7 Å². The van der Waals surface area contributed by atoms with Crippen LogP contribution in [0, 0.1) is 0 Å². The molecule has 5 heteroatoms. The van der Waals surface area contributed by atoms with E-state index in [1.807, 2.05) is 37.2 Å². The number of carbonyl (C=O) groups excluding carboxylic acids is 1. The van der Waals surface area contributed by atoms with Gasteiger partial charge in [-0.2, -0.15) is 0 Å². The number of benzene rings is 1. The third kappa shape index (κ3) is 5.31. The molecule has 1 aromatic carbocycles. The van der Waals surface area contributed by atoms with Crippen LogP contribution in [0.2, 0.25) is 0 Å². The Hall–Kier alpha value is -1.59. The first kappa shape index (κ1) is 16.8. The van der Waals surface area contributed by atoms with Gasteiger partial charge in [-0.25, -0.2) is 4.79 Å². The largest absolute Gasteiger partial charge is 0.396 e. The second-order valence-corrected chi connectivity index (χ2v) is 6.22. The molecule has 0 aromatic heterocycles. The summed E-state index contributed by atoms with van der Waals surface area (Å²) in [4.78, 5) is 16.5. The number of nitrogens with zero attached hydrogens (tertiary/aromatic N) is 2. The second kappa shape index (κ2) is 8.15. The summed E-state index contributed by atoms with van der Waals surface area (Å²) in [6, 6.07) is 8.34. The lowest BCUT2D eigenvalue weighted by molar-refractivity contribution is 0.204. The zero-order chi connectivity index (χ0) is 15.9. The maximum absolute atomic E-state index is 12.5. The van der Waals surface area contributed by atoms with Crippen molar-refractivity contribution < 1.29 is 9.90 Å². The first-order valence-corrected chi connectivity index (χ1v) is 8.02. The summed E-state index contributed by atoms with van der Waals surface area (Å²) in [7, 11) is 4.06. The SMILES string of the molecule is CN(C)Cc1cccc(NC(=O)N(CCCCO)C2CC2)c1. The van der Waals surface area contributed by atoms with Gasteiger partial charge in [0.25, 0.3) is 0 Å². The van der Waals surface area contributed by atoms with E-state index in [1.54, 1.807) is 0 Å². The smallest absolute Gasteiger partial charge is 0.322 e. The third-order valence-corrected chi connectivity index (χ3v) is 3.73. The van der Waals surface area contributed by atoms with Gasteiger partial charge in [0.15, 0.2) is 0 Å². The van der Waals surface area contributed by atoms with Gasteiger partial charge in [0, 0.05) is 31.4 Å². The van der Waals surface area contributed by atoms with E-state index >= 15 is 0 Å². The second-order valence-electron chi connectivity index (χ2n) is 6.22. The van der Waals surface area contributed by atoms with E-state index in [-0.39, 0.29) is 12.6 Å². The summed E-state index contributed by atoms with van der Waals surface area (Å²) in [5, 5.41) is 11.9. The number of urea groups is 1. The van der Waals surface area contributed by atoms with Crippen LogP contribution >= 0.6 is 0 Å². The molecule has 1 fully saturated rings. The molecular weight excluding hydrogens is 278 g/mol. The minimum absolute atomic E-state index is 0.0255. The zero-order valence-electron chi connectivity index (χ0n) is 13.6. The molecule has 1 aliphatic carbocycles. The highest BCUT2D eigenvalue weighted by atomic mass is 16.3. The van der Waals surface area contributed by atoms with Crippen molar-refractivity contribution in [3.8, 4) is 0 Å². The molecule has 2 N–H and O–H groups in total. The molecule has 0 atom stereocenters. The molecule has 2 amide bonds. The van der Waals surface area contributed by atoms with Crippen LogP contribution in [0.25, 0.3) is 0 Å². The number of aliphatic hydroxyl groups is 1. The van der Waals surface area contributed by atoms with Crippen molar-refractivity contribution in [1.29, 1.82) is 0 Å². The van der Waals surface area contributed by atoms with Gasteiger partial charge in [-0.15, -0.1) is 0 Å². The number of hydrogen-bond acceptors (Lipinski definition) is 3. The minimum atomic E-state index is -0.0255. The molecule has 0 saturated heterocycles. The molecule has 2 rings (SSSR count). The van der Waals surface area contributed by atoms with E-state index in [1.165, 1.54) is 5.56 Å². The Kier molecular flexibility index (Phi) is 6.21. The lowest BCUT2D eigenvalue weighted by Crippen LogP contribution is -2.37. The summed E-state index contributed by atoms with van der Waals surface area (Å²) in [6.07, 6.45) is 3.77. The van der Waals surface area contributed by atoms with Gasteiger partial charge >= 0.3 is 6.03 Å². The third-order valence-electron chi connectivity index (χ3n) is 3.73. The molecule has 5 nitrogen and oxygen atoms in total. The maximum atomic E-state index is 12.5. The van der Waals surface area contributed by atoms with Gasteiger partial charge < -0.3 is 20.2 Å². The van der Waals surface area contributed by atoms with Crippen molar-refractivity contribution in [1.82, 2.24) is 9.80 Å². The summed E-state index contributed by atoms with van der Waals surface area (Å²) < 4.78 is 0. The molecule has 0 aliphatic heterocycles. The highest BCUT2D eigenvalue weighted by Crippen LogP contribution is 2.28. The van der Waals surface area contributed by atoms with Crippen LogP contribution in [-0.4, -0.2) is 54.2 Å². The van der Waals surface area contributed by atoms with Crippen molar-refractivity contribution in [2.45, 2.75) is 38.3 Å². The van der Waals surface area contributed by atoms with E-state index in [0.29, 0.717) is 12.6 Å². The van der Waals surface area contributed by atoms with Gasteiger partial charge in [-0.1, -0.05) is 12.1 Å². The number of hydrogen-bond donors (Lipinski definition) is 2. The summed E-state index contributed by atoms with van der Waals surface area (Å²) >= 11 is 0. The van der Waals surface area contributed by atoms with Crippen molar-refractivity contribution in [3.63, 3.8) is 0 Å². The Morgan fingerprint density at radius 3 is 2.73 bits per heavy atom. The van der Waals surface area contributed by atoms with E-state index in [4.69, 9.17) is 5.11 Å². The number of aliphatic hydroxyl groups excluding tert-OH is 1. The van der Waals surface area contributed by atoms with Gasteiger partial charge in [0.05, 0.1) is 0 Å². The summed E-state index contributed by atoms with van der Waals surface area (Å²) in [5.74, 6) is 0. The quantitative estimate of drug-likeness (QED) is 0.726. The molecule has 0 spiro atoms. The predicted molar refractivity (Wildman–Crippen MR) is 88.9 cm³/mol. The average molecular weight is 305 g/mol. The van der Waals surface area contributed by atoms with Crippen LogP contribution in [0.15, 0.2) is 24.3 Å². The Bertz CT molecular complexity index is 487. The lowest BCUT2D eigenvalue weighted by atomic mass is 10.2. The molecule has 1 aliphatic rings. The van der Waals surface area contributed by atoms with E-state index < -0.39 is 0 Å². The molecule has 0 radical (unpaired) electrons. The van der Waals surface area contributed by atoms with Gasteiger partial charge in [-0.05, 0) is 57.5 Å². The van der Waals surface area contributed by atoms with Crippen molar-refractivity contribution in [2.24, 2.45) is 0 Å². The van der Waals surface area contributed by atoms with Gasteiger partial charge in [0.1, 0.15) is 0 Å². The first-order chi connectivity index (χ1) is 10.6. The Morgan fingerprint density at radius 1 is 1.32 bits per heavy atom. The minimum Gasteiger partial charge on any atom is -0.396 e. The number of carbonyl (C=O) groups is 1. The normalized spacial score (nSPS) is 14.2. The fourth-order valence-electron chi connectivity index (χ4n) is 2.54. The monoisotopic (exact) mass is 305 g/mol. The predicted octanol–water partition coefficient (Wildman–Crippen LogP) is 2.52. The molecule has 0 heterocycles.